The number of nitrogens with zero attached hydrogens (tertiary/aromatic N) is 2. The Morgan fingerprint density at radius 1 is 1.14 bits per heavy atom. The van der Waals surface area contributed by atoms with Crippen molar-refractivity contribution in [3.63, 3.8) is 0 Å². The van der Waals surface area contributed by atoms with Crippen LogP contribution in [-0.4, -0.2) is 72.0 Å². The summed E-state index contributed by atoms with van der Waals surface area (Å²) in [5.74, 6) is 1.61. The number of hydrogen-bond donors (Lipinski definition) is 2. The first-order valence-electron chi connectivity index (χ1n) is 13.1. The van der Waals surface area contributed by atoms with E-state index in [4.69, 9.17) is 9.47 Å². The minimum absolute atomic E-state index is 0.0353. The Hall–Kier alpha value is -2.17. The van der Waals surface area contributed by atoms with Crippen LogP contribution < -0.4 is 15.6 Å². The molecule has 0 radical (unpaired) electrons. The lowest BCUT2D eigenvalue weighted by Crippen LogP contribution is -2.45. The van der Waals surface area contributed by atoms with Gasteiger partial charge in [0.25, 0.3) is 5.56 Å². The van der Waals surface area contributed by atoms with Crippen LogP contribution in [0.15, 0.2) is 16.9 Å². The number of thioether (sulfide) groups is 1. The lowest BCUT2D eigenvalue weighted by atomic mass is 9.93. The smallest absolute Gasteiger partial charge is 0.261 e. The first-order valence-corrected chi connectivity index (χ1v) is 14.2. The van der Waals surface area contributed by atoms with Crippen molar-refractivity contribution >= 4 is 28.6 Å². The molecule has 3 fully saturated rings. The monoisotopic (exact) mass is 518 g/mol. The summed E-state index contributed by atoms with van der Waals surface area (Å²) >= 11 is 1.75. The molecule has 10 heteroatoms. The number of fused-ring (bicyclic) bond motifs is 1. The summed E-state index contributed by atoms with van der Waals surface area (Å²) in [6, 6.07) is 2.93. The van der Waals surface area contributed by atoms with Crippen LogP contribution >= 0.6 is 11.8 Å². The van der Waals surface area contributed by atoms with Crippen LogP contribution in [-0.2, 0) is 15.3 Å². The maximum atomic E-state index is 14.8. The van der Waals surface area contributed by atoms with E-state index in [0.717, 1.165) is 77.9 Å². The average Bonchev–Trinajstić information content (AvgIpc) is 2.91. The van der Waals surface area contributed by atoms with Gasteiger partial charge in [0, 0.05) is 49.6 Å². The highest BCUT2D eigenvalue weighted by atomic mass is 32.2. The molecule has 36 heavy (non-hydrogen) atoms. The standard InChI is InChI=1S/C26H35FN4O4S/c27-21-13-19(35-15-17-3-9-31(10-4-17)26(33)18-1-7-28-8-2-18)14-22-24(21)25(32)30-23(29-22)16-36-20-5-11-34-12-6-20/h13-14,17-18,20,28H,1-12,15-16H2,(H,29,30,32). The minimum atomic E-state index is -0.623. The summed E-state index contributed by atoms with van der Waals surface area (Å²) in [5, 5.41) is 3.75. The number of H-pyrrole nitrogens is 1. The van der Waals surface area contributed by atoms with E-state index < -0.39 is 11.4 Å². The lowest BCUT2D eigenvalue weighted by Gasteiger charge is -2.35. The molecule has 5 rings (SSSR count). The molecule has 3 saturated heterocycles. The highest BCUT2D eigenvalue weighted by Crippen LogP contribution is 2.27. The van der Waals surface area contributed by atoms with Gasteiger partial charge >= 0.3 is 0 Å². The number of halogens is 1. The van der Waals surface area contributed by atoms with Crippen molar-refractivity contribution in [3.8, 4) is 5.75 Å². The van der Waals surface area contributed by atoms with Gasteiger partial charge in [-0.05, 0) is 57.5 Å². The van der Waals surface area contributed by atoms with Crippen molar-refractivity contribution in [2.45, 2.75) is 49.5 Å². The molecule has 0 atom stereocenters. The molecule has 2 aromatic rings. The normalized spacial score (nSPS) is 20.6. The SMILES string of the molecule is O=C(C1CCNCC1)N1CCC(COc2cc(F)c3c(=O)[nH]c(CSC4CCOCC4)nc3c2)CC1. The molecular weight excluding hydrogens is 483 g/mol. The van der Waals surface area contributed by atoms with Gasteiger partial charge in [0.2, 0.25) is 5.91 Å². The number of aromatic nitrogens is 2. The van der Waals surface area contributed by atoms with Gasteiger partial charge in [0.05, 0.1) is 17.9 Å². The topological polar surface area (TPSA) is 96.6 Å². The molecule has 1 aromatic heterocycles. The molecule has 0 bridgehead atoms. The number of nitrogens with one attached hydrogen (secondary N) is 2. The number of aromatic amines is 1. The summed E-state index contributed by atoms with van der Waals surface area (Å²) < 4.78 is 26.1. The maximum Gasteiger partial charge on any atom is 0.261 e. The molecule has 8 nitrogen and oxygen atoms in total. The van der Waals surface area contributed by atoms with E-state index in [9.17, 15) is 14.0 Å². The number of carbonyl (C=O) groups excluding carboxylic acids is 1. The number of piperidine rings is 2. The second-order valence-electron chi connectivity index (χ2n) is 10.0. The van der Waals surface area contributed by atoms with Crippen molar-refractivity contribution < 1.29 is 18.7 Å². The Bertz CT molecular complexity index is 1110. The quantitative estimate of drug-likeness (QED) is 0.582. The number of likely N-dealkylation sites (tertiary alicyclic amines) is 1. The number of ether oxygens (including phenoxy) is 2. The number of carbonyl (C=O) groups is 1. The molecule has 0 unspecified atom stereocenters. The number of rotatable bonds is 7. The highest BCUT2D eigenvalue weighted by Gasteiger charge is 2.29. The first kappa shape index (κ1) is 25.5. The highest BCUT2D eigenvalue weighted by molar-refractivity contribution is 7.99. The largest absolute Gasteiger partial charge is 0.493 e. The molecule has 0 saturated carbocycles. The Kier molecular flexibility index (Phi) is 8.43. The van der Waals surface area contributed by atoms with Crippen molar-refractivity contribution in [2.24, 2.45) is 11.8 Å². The fourth-order valence-electron chi connectivity index (χ4n) is 5.30. The van der Waals surface area contributed by atoms with Gasteiger partial charge < -0.3 is 24.7 Å². The third kappa shape index (κ3) is 6.20. The molecule has 196 valence electrons. The van der Waals surface area contributed by atoms with Crippen LogP contribution in [0.4, 0.5) is 4.39 Å². The van der Waals surface area contributed by atoms with Crippen LogP contribution in [0.1, 0.15) is 44.3 Å². The molecular formula is C26H35FN4O4S. The number of hydrogen-bond acceptors (Lipinski definition) is 7. The van der Waals surface area contributed by atoms with Gasteiger partial charge in [-0.15, -0.1) is 0 Å². The summed E-state index contributed by atoms with van der Waals surface area (Å²) in [7, 11) is 0. The van der Waals surface area contributed by atoms with Crippen LogP contribution in [0.2, 0.25) is 0 Å². The van der Waals surface area contributed by atoms with E-state index in [1.54, 1.807) is 17.8 Å². The van der Waals surface area contributed by atoms with Gasteiger partial charge in [0.15, 0.2) is 0 Å². The van der Waals surface area contributed by atoms with Gasteiger partial charge in [-0.1, -0.05) is 0 Å². The zero-order valence-corrected chi connectivity index (χ0v) is 21.4. The zero-order valence-electron chi connectivity index (χ0n) is 20.6. The lowest BCUT2D eigenvalue weighted by molar-refractivity contribution is -0.137. The summed E-state index contributed by atoms with van der Waals surface area (Å²) in [6.45, 7) is 5.30. The minimum Gasteiger partial charge on any atom is -0.493 e. The van der Waals surface area contributed by atoms with E-state index in [0.29, 0.717) is 40.6 Å². The van der Waals surface area contributed by atoms with E-state index in [-0.39, 0.29) is 17.2 Å². The number of amides is 1. The summed E-state index contributed by atoms with van der Waals surface area (Å²) in [4.78, 5) is 34.6. The predicted octanol–water partition coefficient (Wildman–Crippen LogP) is 3.09. The molecule has 3 aliphatic rings. The first-order chi connectivity index (χ1) is 17.6. The molecule has 1 aromatic carbocycles. The van der Waals surface area contributed by atoms with E-state index in [1.807, 2.05) is 4.90 Å². The van der Waals surface area contributed by atoms with Crippen LogP contribution in [0, 0.1) is 17.7 Å². The van der Waals surface area contributed by atoms with E-state index in [1.165, 1.54) is 6.07 Å². The zero-order chi connectivity index (χ0) is 24.9. The summed E-state index contributed by atoms with van der Waals surface area (Å²) in [5.41, 5.74) is -0.142. The second-order valence-corrected chi connectivity index (χ2v) is 11.3. The average molecular weight is 519 g/mol. The molecule has 0 spiro atoms. The van der Waals surface area contributed by atoms with Crippen molar-refractivity contribution in [2.75, 3.05) is 46.0 Å². The maximum absolute atomic E-state index is 14.8. The van der Waals surface area contributed by atoms with Crippen LogP contribution in [0.3, 0.4) is 0 Å². The Morgan fingerprint density at radius 2 is 1.89 bits per heavy atom. The third-order valence-corrected chi connectivity index (χ3v) is 8.89. The fraction of sp³-hybridized carbons (Fsp3) is 0.654. The van der Waals surface area contributed by atoms with Crippen molar-refractivity contribution in [1.29, 1.82) is 0 Å². The van der Waals surface area contributed by atoms with Crippen LogP contribution in [0.25, 0.3) is 10.9 Å². The molecule has 1 amide bonds. The molecule has 3 aliphatic heterocycles. The Balaban J connectivity index is 1.17. The van der Waals surface area contributed by atoms with Gasteiger partial charge in [0.1, 0.15) is 22.8 Å². The second kappa shape index (κ2) is 11.9. The van der Waals surface area contributed by atoms with Gasteiger partial charge in [-0.25, -0.2) is 9.37 Å². The summed E-state index contributed by atoms with van der Waals surface area (Å²) in [6.07, 6.45) is 5.56. The molecule has 0 aliphatic carbocycles. The Labute approximate surface area is 214 Å². The van der Waals surface area contributed by atoms with Crippen molar-refractivity contribution in [3.05, 3.63) is 34.1 Å². The Morgan fingerprint density at radius 3 is 2.64 bits per heavy atom. The number of benzene rings is 1. The van der Waals surface area contributed by atoms with Crippen molar-refractivity contribution in [1.82, 2.24) is 20.2 Å². The molecule has 4 heterocycles. The van der Waals surface area contributed by atoms with Crippen LogP contribution in [0.5, 0.6) is 5.75 Å². The fourth-order valence-corrected chi connectivity index (χ4v) is 6.36. The van der Waals surface area contributed by atoms with Gasteiger partial charge in [-0.2, -0.15) is 11.8 Å². The van der Waals surface area contributed by atoms with E-state index >= 15 is 0 Å². The third-order valence-electron chi connectivity index (χ3n) is 7.51. The molecule has 2 N–H and O–H groups in total. The van der Waals surface area contributed by atoms with Gasteiger partial charge in [-0.3, -0.25) is 9.59 Å². The predicted molar refractivity (Wildman–Crippen MR) is 138 cm³/mol. The van der Waals surface area contributed by atoms with E-state index in [2.05, 4.69) is 15.3 Å².